The lowest BCUT2D eigenvalue weighted by Gasteiger charge is -2.02. The third kappa shape index (κ3) is 1.45. The monoisotopic (exact) mass is 215 g/mol. The van der Waals surface area contributed by atoms with Gasteiger partial charge in [-0.1, -0.05) is 15.9 Å². The maximum Gasteiger partial charge on any atom is 0.137 e. The number of H-pyrrole nitrogens is 1. The number of nitrogens with zero attached hydrogens (tertiary/aromatic N) is 2. The van der Waals surface area contributed by atoms with Crippen LogP contribution in [0, 0.1) is 0 Å². The Bertz CT molecular complexity index is 222. The molecule has 1 fully saturated rings. The molecule has 1 saturated carbocycles. The van der Waals surface area contributed by atoms with Crippen LogP contribution in [-0.2, 0) is 0 Å². The molecule has 0 aromatic carbocycles. The van der Waals surface area contributed by atoms with Crippen molar-refractivity contribution in [2.75, 3.05) is 0 Å². The summed E-state index contributed by atoms with van der Waals surface area (Å²) in [4.78, 5) is 4.82. The van der Waals surface area contributed by atoms with Crippen LogP contribution in [-0.4, -0.2) is 20.0 Å². The first-order chi connectivity index (χ1) is 5.36. The molecule has 11 heavy (non-hydrogen) atoms. The van der Waals surface area contributed by atoms with Crippen LogP contribution in [0.2, 0.25) is 0 Å². The van der Waals surface area contributed by atoms with Crippen molar-refractivity contribution < 1.29 is 0 Å². The molecule has 3 nitrogen and oxygen atoms in total. The fourth-order valence-electron chi connectivity index (χ4n) is 1.59. The van der Waals surface area contributed by atoms with E-state index in [4.69, 9.17) is 0 Å². The minimum absolute atomic E-state index is 0.599. The minimum atomic E-state index is 0.599. The molecule has 2 rings (SSSR count). The van der Waals surface area contributed by atoms with Crippen molar-refractivity contribution in [2.24, 2.45) is 0 Å². The van der Waals surface area contributed by atoms with Gasteiger partial charge in [0.2, 0.25) is 0 Å². The molecule has 0 aliphatic heterocycles. The standard InChI is InChI=1S/C7H10BrN3/c8-6-2-1-5(3-6)7-9-4-10-11-7/h4-6H,1-3H2,(H,9,10,11). The average Bonchev–Trinajstić information content (AvgIpc) is 2.55. The van der Waals surface area contributed by atoms with Crippen LogP contribution in [0.3, 0.4) is 0 Å². The lowest BCUT2D eigenvalue weighted by atomic mass is 10.1. The zero-order chi connectivity index (χ0) is 7.68. The fourth-order valence-corrected chi connectivity index (χ4v) is 2.30. The smallest absolute Gasteiger partial charge is 0.137 e. The predicted octanol–water partition coefficient (Wildman–Crippen LogP) is 1.84. The van der Waals surface area contributed by atoms with E-state index in [0.29, 0.717) is 10.7 Å². The molecule has 0 amide bonds. The second kappa shape index (κ2) is 2.93. The Kier molecular flexibility index (Phi) is 1.94. The summed E-state index contributed by atoms with van der Waals surface area (Å²) >= 11 is 3.60. The molecule has 1 heterocycles. The molecule has 4 heteroatoms. The highest BCUT2D eigenvalue weighted by atomic mass is 79.9. The van der Waals surface area contributed by atoms with Gasteiger partial charge in [-0.3, -0.25) is 5.10 Å². The maximum atomic E-state index is 4.15. The topological polar surface area (TPSA) is 41.6 Å². The van der Waals surface area contributed by atoms with E-state index in [1.165, 1.54) is 19.3 Å². The first kappa shape index (κ1) is 7.28. The number of rotatable bonds is 1. The Hall–Kier alpha value is -0.380. The number of aromatic nitrogens is 3. The van der Waals surface area contributed by atoms with Crippen LogP contribution in [0.1, 0.15) is 31.0 Å². The van der Waals surface area contributed by atoms with Gasteiger partial charge in [-0.25, -0.2) is 4.98 Å². The lowest BCUT2D eigenvalue weighted by Crippen LogP contribution is -1.96. The number of hydrogen-bond acceptors (Lipinski definition) is 2. The van der Waals surface area contributed by atoms with Gasteiger partial charge in [0.05, 0.1) is 0 Å². The zero-order valence-electron chi connectivity index (χ0n) is 6.13. The molecule has 60 valence electrons. The highest BCUT2D eigenvalue weighted by Gasteiger charge is 2.25. The Morgan fingerprint density at radius 2 is 2.45 bits per heavy atom. The molecule has 1 aliphatic carbocycles. The van der Waals surface area contributed by atoms with E-state index in [1.807, 2.05) is 0 Å². The molecular formula is C7H10BrN3. The largest absolute Gasteiger partial charge is 0.263 e. The SMILES string of the molecule is BrC1CCC(c2ncn[nH]2)C1. The summed E-state index contributed by atoms with van der Waals surface area (Å²) in [5, 5.41) is 6.76. The third-order valence-electron chi connectivity index (χ3n) is 2.19. The first-order valence-corrected chi connectivity index (χ1v) is 4.77. The third-order valence-corrected chi connectivity index (χ3v) is 3.02. The van der Waals surface area contributed by atoms with Crippen molar-refractivity contribution in [3.05, 3.63) is 12.2 Å². The molecular weight excluding hydrogens is 206 g/mol. The summed E-state index contributed by atoms with van der Waals surface area (Å²) in [7, 11) is 0. The van der Waals surface area contributed by atoms with Crippen molar-refractivity contribution in [3.63, 3.8) is 0 Å². The quantitative estimate of drug-likeness (QED) is 0.727. The van der Waals surface area contributed by atoms with Crippen molar-refractivity contribution in [3.8, 4) is 0 Å². The molecule has 2 unspecified atom stereocenters. The van der Waals surface area contributed by atoms with E-state index in [2.05, 4.69) is 31.1 Å². The number of nitrogens with one attached hydrogen (secondary N) is 1. The normalized spacial score (nSPS) is 31.0. The van der Waals surface area contributed by atoms with Crippen molar-refractivity contribution in [1.29, 1.82) is 0 Å². The predicted molar refractivity (Wildman–Crippen MR) is 45.7 cm³/mol. The fraction of sp³-hybridized carbons (Fsp3) is 0.714. The minimum Gasteiger partial charge on any atom is -0.263 e. The van der Waals surface area contributed by atoms with Gasteiger partial charge in [-0.2, -0.15) is 5.10 Å². The van der Waals surface area contributed by atoms with E-state index < -0.39 is 0 Å². The van der Waals surface area contributed by atoms with Crippen LogP contribution in [0.15, 0.2) is 6.33 Å². The summed E-state index contributed by atoms with van der Waals surface area (Å²) in [6, 6.07) is 0. The van der Waals surface area contributed by atoms with Gasteiger partial charge in [-0.05, 0) is 19.3 Å². The van der Waals surface area contributed by atoms with E-state index in [1.54, 1.807) is 6.33 Å². The summed E-state index contributed by atoms with van der Waals surface area (Å²) in [5.74, 6) is 1.65. The summed E-state index contributed by atoms with van der Waals surface area (Å²) in [6.45, 7) is 0. The summed E-state index contributed by atoms with van der Waals surface area (Å²) < 4.78 is 0. The summed E-state index contributed by atoms with van der Waals surface area (Å²) in [6.07, 6.45) is 5.25. The van der Waals surface area contributed by atoms with E-state index in [9.17, 15) is 0 Å². The Balaban J connectivity index is 2.08. The zero-order valence-corrected chi connectivity index (χ0v) is 7.71. The van der Waals surface area contributed by atoms with Gasteiger partial charge >= 0.3 is 0 Å². The van der Waals surface area contributed by atoms with Gasteiger partial charge in [0.15, 0.2) is 0 Å². The maximum absolute atomic E-state index is 4.15. The van der Waals surface area contributed by atoms with Crippen molar-refractivity contribution in [2.45, 2.75) is 30.0 Å². The Labute approximate surface area is 73.7 Å². The molecule has 1 aromatic rings. The van der Waals surface area contributed by atoms with E-state index in [0.717, 1.165) is 5.82 Å². The van der Waals surface area contributed by atoms with Gasteiger partial charge < -0.3 is 0 Å². The van der Waals surface area contributed by atoms with Crippen LogP contribution < -0.4 is 0 Å². The van der Waals surface area contributed by atoms with E-state index >= 15 is 0 Å². The first-order valence-electron chi connectivity index (χ1n) is 3.85. The van der Waals surface area contributed by atoms with Gasteiger partial charge in [0, 0.05) is 10.7 Å². The van der Waals surface area contributed by atoms with E-state index in [-0.39, 0.29) is 0 Å². The molecule has 2 atom stereocenters. The molecule has 0 radical (unpaired) electrons. The van der Waals surface area contributed by atoms with Crippen LogP contribution >= 0.6 is 15.9 Å². The highest BCUT2D eigenvalue weighted by Crippen LogP contribution is 2.35. The number of halogens is 1. The van der Waals surface area contributed by atoms with Crippen LogP contribution in [0.4, 0.5) is 0 Å². The Morgan fingerprint density at radius 1 is 1.55 bits per heavy atom. The molecule has 1 aliphatic rings. The number of aromatic amines is 1. The number of alkyl halides is 1. The molecule has 0 spiro atoms. The van der Waals surface area contributed by atoms with Crippen molar-refractivity contribution in [1.82, 2.24) is 15.2 Å². The van der Waals surface area contributed by atoms with Crippen LogP contribution in [0.5, 0.6) is 0 Å². The second-order valence-corrected chi connectivity index (χ2v) is 4.27. The van der Waals surface area contributed by atoms with Crippen LogP contribution in [0.25, 0.3) is 0 Å². The lowest BCUT2D eigenvalue weighted by molar-refractivity contribution is 0.674. The molecule has 0 saturated heterocycles. The van der Waals surface area contributed by atoms with Gasteiger partial charge in [-0.15, -0.1) is 0 Å². The van der Waals surface area contributed by atoms with Gasteiger partial charge in [0.1, 0.15) is 12.2 Å². The van der Waals surface area contributed by atoms with Gasteiger partial charge in [0.25, 0.3) is 0 Å². The average molecular weight is 216 g/mol. The molecule has 1 N–H and O–H groups in total. The number of hydrogen-bond donors (Lipinski definition) is 1. The summed E-state index contributed by atoms with van der Waals surface area (Å²) in [5.41, 5.74) is 0. The molecule has 1 aromatic heterocycles. The Morgan fingerprint density at radius 3 is 3.00 bits per heavy atom. The second-order valence-electron chi connectivity index (χ2n) is 2.98. The highest BCUT2D eigenvalue weighted by molar-refractivity contribution is 9.09. The van der Waals surface area contributed by atoms with Crippen molar-refractivity contribution >= 4 is 15.9 Å². The molecule has 0 bridgehead atoms.